The lowest BCUT2D eigenvalue weighted by Crippen LogP contribution is -2.28. The lowest BCUT2D eigenvalue weighted by atomic mass is 10.1. The first kappa shape index (κ1) is 19.2. The van der Waals surface area contributed by atoms with Crippen molar-refractivity contribution in [1.29, 1.82) is 0 Å². The molecule has 136 valence electrons. The zero-order valence-corrected chi connectivity index (χ0v) is 15.1. The van der Waals surface area contributed by atoms with Gasteiger partial charge in [0.05, 0.1) is 5.56 Å². The smallest absolute Gasteiger partial charge is 0.338 e. The number of ether oxygens (including phenoxy) is 1. The molecule has 2 aromatic rings. The van der Waals surface area contributed by atoms with E-state index in [-0.39, 0.29) is 18.4 Å². The molecule has 26 heavy (non-hydrogen) atoms. The van der Waals surface area contributed by atoms with Gasteiger partial charge in [-0.1, -0.05) is 18.2 Å². The molecule has 6 nitrogen and oxygen atoms in total. The lowest BCUT2D eigenvalue weighted by Gasteiger charge is -2.09. The highest BCUT2D eigenvalue weighted by Crippen LogP contribution is 2.11. The van der Waals surface area contributed by atoms with Crippen molar-refractivity contribution in [1.82, 2.24) is 5.32 Å². The molecule has 0 bridgehead atoms. The van der Waals surface area contributed by atoms with Crippen LogP contribution in [0.4, 0.5) is 5.69 Å². The lowest BCUT2D eigenvalue weighted by molar-refractivity contribution is -0.124. The van der Waals surface area contributed by atoms with E-state index in [0.717, 1.165) is 11.1 Å². The normalized spacial score (nSPS) is 10.1. The van der Waals surface area contributed by atoms with Crippen molar-refractivity contribution >= 4 is 23.5 Å². The monoisotopic (exact) mass is 354 g/mol. The second kappa shape index (κ2) is 8.80. The molecule has 0 fully saturated rings. The summed E-state index contributed by atoms with van der Waals surface area (Å²) in [6.07, 6.45) is 0. The molecule has 0 aromatic heterocycles. The van der Waals surface area contributed by atoms with Crippen molar-refractivity contribution in [3.63, 3.8) is 0 Å². The van der Waals surface area contributed by atoms with Crippen LogP contribution >= 0.6 is 0 Å². The van der Waals surface area contributed by atoms with E-state index in [0.29, 0.717) is 17.8 Å². The van der Waals surface area contributed by atoms with Crippen molar-refractivity contribution in [3.05, 3.63) is 64.7 Å². The molecule has 0 aliphatic heterocycles. The Kier molecular flexibility index (Phi) is 6.49. The summed E-state index contributed by atoms with van der Waals surface area (Å²) in [6.45, 7) is 5.47. The minimum Gasteiger partial charge on any atom is -0.452 e. The second-order valence-electron chi connectivity index (χ2n) is 6.03. The Morgan fingerprint density at radius 3 is 2.27 bits per heavy atom. The molecule has 0 aliphatic rings. The standard InChI is InChI=1S/C20H22N2O4/c1-13-4-5-16(10-14(13)2)11-21-19(24)12-26-20(25)17-6-8-18(9-7-17)22-15(3)23/h4-10H,11-12H2,1-3H3,(H,21,24)(H,22,23). The fourth-order valence-corrected chi connectivity index (χ4v) is 2.27. The number of aryl methyl sites for hydroxylation is 2. The predicted octanol–water partition coefficient (Wildman–Crippen LogP) is 2.74. The molecule has 0 spiro atoms. The highest BCUT2D eigenvalue weighted by molar-refractivity contribution is 5.93. The van der Waals surface area contributed by atoms with Gasteiger partial charge in [0.25, 0.3) is 5.91 Å². The van der Waals surface area contributed by atoms with Crippen LogP contribution in [0.2, 0.25) is 0 Å². The summed E-state index contributed by atoms with van der Waals surface area (Å²) >= 11 is 0. The molecule has 2 aromatic carbocycles. The summed E-state index contributed by atoms with van der Waals surface area (Å²) in [6, 6.07) is 12.2. The zero-order chi connectivity index (χ0) is 19.1. The zero-order valence-electron chi connectivity index (χ0n) is 15.1. The summed E-state index contributed by atoms with van der Waals surface area (Å²) in [5, 5.41) is 5.33. The number of esters is 1. The van der Waals surface area contributed by atoms with Crippen LogP contribution < -0.4 is 10.6 Å². The van der Waals surface area contributed by atoms with E-state index in [4.69, 9.17) is 4.74 Å². The van der Waals surface area contributed by atoms with Gasteiger partial charge in [-0.25, -0.2) is 4.79 Å². The first-order valence-electron chi connectivity index (χ1n) is 8.23. The quantitative estimate of drug-likeness (QED) is 0.781. The average molecular weight is 354 g/mol. The number of nitrogens with one attached hydrogen (secondary N) is 2. The minimum atomic E-state index is -0.597. The Bertz CT molecular complexity index is 813. The maximum Gasteiger partial charge on any atom is 0.338 e. The molecule has 0 heterocycles. The van der Waals surface area contributed by atoms with Gasteiger partial charge in [-0.15, -0.1) is 0 Å². The number of carbonyl (C=O) groups is 3. The number of anilines is 1. The molecule has 0 saturated heterocycles. The Hall–Kier alpha value is -3.15. The van der Waals surface area contributed by atoms with Crippen LogP contribution in [0.15, 0.2) is 42.5 Å². The third kappa shape index (κ3) is 5.73. The maximum atomic E-state index is 11.9. The summed E-state index contributed by atoms with van der Waals surface area (Å²) < 4.78 is 5.00. The van der Waals surface area contributed by atoms with Crippen LogP contribution in [0, 0.1) is 13.8 Å². The van der Waals surface area contributed by atoms with E-state index in [1.807, 2.05) is 32.0 Å². The fourth-order valence-electron chi connectivity index (χ4n) is 2.27. The van der Waals surface area contributed by atoms with Crippen LogP contribution in [-0.4, -0.2) is 24.4 Å². The van der Waals surface area contributed by atoms with Crippen molar-refractivity contribution < 1.29 is 19.1 Å². The number of carbonyl (C=O) groups excluding carboxylic acids is 3. The number of hydrogen-bond donors (Lipinski definition) is 2. The van der Waals surface area contributed by atoms with E-state index in [9.17, 15) is 14.4 Å². The largest absolute Gasteiger partial charge is 0.452 e. The molecular weight excluding hydrogens is 332 g/mol. The summed E-state index contributed by atoms with van der Waals surface area (Å²) in [5.74, 6) is -1.16. The van der Waals surface area contributed by atoms with Crippen molar-refractivity contribution in [3.8, 4) is 0 Å². The average Bonchev–Trinajstić information content (AvgIpc) is 2.60. The summed E-state index contributed by atoms with van der Waals surface area (Å²) in [4.78, 5) is 34.8. The van der Waals surface area contributed by atoms with E-state index in [2.05, 4.69) is 10.6 Å². The summed E-state index contributed by atoms with van der Waals surface area (Å²) in [5.41, 5.74) is 4.23. The SMILES string of the molecule is CC(=O)Nc1ccc(C(=O)OCC(=O)NCc2ccc(C)c(C)c2)cc1. The molecule has 2 rings (SSSR count). The van der Waals surface area contributed by atoms with Gasteiger partial charge in [-0.3, -0.25) is 9.59 Å². The van der Waals surface area contributed by atoms with Gasteiger partial charge < -0.3 is 15.4 Å². The van der Waals surface area contributed by atoms with Crippen molar-refractivity contribution in [2.24, 2.45) is 0 Å². The number of benzene rings is 2. The van der Waals surface area contributed by atoms with Gasteiger partial charge in [0.1, 0.15) is 0 Å². The topological polar surface area (TPSA) is 84.5 Å². The highest BCUT2D eigenvalue weighted by atomic mass is 16.5. The van der Waals surface area contributed by atoms with E-state index >= 15 is 0 Å². The van der Waals surface area contributed by atoms with Crippen LogP contribution in [0.5, 0.6) is 0 Å². The first-order chi connectivity index (χ1) is 12.3. The number of hydrogen-bond acceptors (Lipinski definition) is 4. The molecule has 6 heteroatoms. The van der Waals surface area contributed by atoms with Crippen molar-refractivity contribution in [2.75, 3.05) is 11.9 Å². The van der Waals surface area contributed by atoms with Crippen LogP contribution in [0.3, 0.4) is 0 Å². The Morgan fingerprint density at radius 2 is 1.65 bits per heavy atom. The molecule has 0 aliphatic carbocycles. The van der Waals surface area contributed by atoms with Gasteiger partial charge in [-0.2, -0.15) is 0 Å². The highest BCUT2D eigenvalue weighted by Gasteiger charge is 2.10. The van der Waals surface area contributed by atoms with E-state index < -0.39 is 5.97 Å². The van der Waals surface area contributed by atoms with Gasteiger partial charge in [0, 0.05) is 19.2 Å². The maximum absolute atomic E-state index is 11.9. The van der Waals surface area contributed by atoms with Crippen LogP contribution in [0.1, 0.15) is 34.0 Å². The molecule has 2 N–H and O–H groups in total. The third-order valence-corrected chi connectivity index (χ3v) is 3.84. The number of rotatable bonds is 6. The molecule has 2 amide bonds. The molecule has 0 atom stereocenters. The van der Waals surface area contributed by atoms with Crippen LogP contribution in [0.25, 0.3) is 0 Å². The Balaban J connectivity index is 1.79. The minimum absolute atomic E-state index is 0.194. The van der Waals surface area contributed by atoms with Crippen LogP contribution in [-0.2, 0) is 20.9 Å². The molecular formula is C20H22N2O4. The summed E-state index contributed by atoms with van der Waals surface area (Å²) in [7, 11) is 0. The molecule has 0 radical (unpaired) electrons. The third-order valence-electron chi connectivity index (χ3n) is 3.84. The Morgan fingerprint density at radius 1 is 0.962 bits per heavy atom. The first-order valence-corrected chi connectivity index (χ1v) is 8.23. The number of amides is 2. The van der Waals surface area contributed by atoms with Gasteiger partial charge in [0.2, 0.25) is 5.91 Å². The van der Waals surface area contributed by atoms with Gasteiger partial charge >= 0.3 is 5.97 Å². The van der Waals surface area contributed by atoms with E-state index in [1.165, 1.54) is 24.6 Å². The Labute approximate surface area is 152 Å². The van der Waals surface area contributed by atoms with Gasteiger partial charge in [-0.05, 0) is 54.8 Å². The predicted molar refractivity (Wildman–Crippen MR) is 98.8 cm³/mol. The van der Waals surface area contributed by atoms with Gasteiger partial charge in [0.15, 0.2) is 6.61 Å². The van der Waals surface area contributed by atoms with Crippen molar-refractivity contribution in [2.45, 2.75) is 27.3 Å². The van der Waals surface area contributed by atoms with E-state index in [1.54, 1.807) is 12.1 Å². The molecule has 0 saturated carbocycles. The fraction of sp³-hybridized carbons (Fsp3) is 0.250. The molecule has 0 unspecified atom stereocenters. The second-order valence-corrected chi connectivity index (χ2v) is 6.03.